The Hall–Kier alpha value is 0.448. The minimum Gasteiger partial charge on any atom is -0.457 e. The van der Waals surface area contributed by atoms with Gasteiger partial charge in [0.15, 0.2) is 0 Å². The summed E-state index contributed by atoms with van der Waals surface area (Å²) in [5, 5.41) is 0. The first-order valence-corrected chi connectivity index (χ1v) is 9.18. The Balaban J connectivity index is 0.000000443. The van der Waals surface area contributed by atoms with Crippen molar-refractivity contribution in [1.82, 2.24) is 29.4 Å². The minimum atomic E-state index is 0. The summed E-state index contributed by atoms with van der Waals surface area (Å²) in [5.41, 5.74) is 0. The monoisotopic (exact) mass is 438 g/mol. The second-order valence-corrected chi connectivity index (χ2v) is 7.46. The molecular weight excluding hydrogens is 396 g/mol. The number of rotatable bonds is 0. The van der Waals surface area contributed by atoms with Crippen LogP contribution in [0.15, 0.2) is 0 Å². The van der Waals surface area contributed by atoms with Crippen molar-refractivity contribution in [3.8, 4) is 0 Å². The summed E-state index contributed by atoms with van der Waals surface area (Å²) < 4.78 is 0. The predicted octanol–water partition coefficient (Wildman–Crippen LogP) is -0.0881. The van der Waals surface area contributed by atoms with Gasteiger partial charge in [-0.3, -0.25) is 13.1 Å². The molecule has 0 atom stereocenters. The first kappa shape index (κ1) is 25.4. The quantitative estimate of drug-likeness (QED) is 0.388. The van der Waals surface area contributed by atoms with Crippen molar-refractivity contribution in [2.24, 2.45) is 0 Å². The molecule has 0 N–H and O–H groups in total. The maximum Gasteiger partial charge on any atom is 0.0106 e. The van der Waals surface area contributed by atoms with E-state index in [1.165, 1.54) is 39.3 Å². The fourth-order valence-electron chi connectivity index (χ4n) is 2.49. The number of nitrogens with zero attached hydrogens (tertiary/aromatic N) is 6. The van der Waals surface area contributed by atoms with Gasteiger partial charge < -0.3 is 29.4 Å². The van der Waals surface area contributed by atoms with Crippen molar-refractivity contribution in [2.45, 2.75) is 0 Å². The van der Waals surface area contributed by atoms with Crippen LogP contribution in [0.2, 0.25) is 0 Å². The third kappa shape index (κ3) is 13.3. The van der Waals surface area contributed by atoms with Crippen molar-refractivity contribution >= 4 is 0 Å². The number of likely N-dealkylation sites (N-methyl/N-ethyl adjacent to an activating group) is 6. The van der Waals surface area contributed by atoms with Crippen LogP contribution in [0.5, 0.6) is 0 Å². The maximum absolute atomic E-state index is 2.38. The Labute approximate surface area is 171 Å². The zero-order chi connectivity index (χ0) is 17.9. The average molecular weight is 437 g/mol. The molecule has 6 nitrogen and oxygen atoms in total. The van der Waals surface area contributed by atoms with Gasteiger partial charge >= 0.3 is 0 Å². The molecule has 0 spiro atoms. The van der Waals surface area contributed by atoms with Crippen molar-refractivity contribution in [1.29, 1.82) is 0 Å². The van der Waals surface area contributed by atoms with Gasteiger partial charge in [0.2, 0.25) is 0 Å². The third-order valence-electron chi connectivity index (χ3n) is 4.81. The van der Waals surface area contributed by atoms with Crippen LogP contribution < -0.4 is 0 Å². The van der Waals surface area contributed by atoms with Gasteiger partial charge in [0.1, 0.15) is 0 Å². The molecule has 2 saturated heterocycles. The van der Waals surface area contributed by atoms with Crippen LogP contribution in [0.25, 0.3) is 0 Å². The SMILES string of the molecule is CN1[CH-]CN(C)CCN(C)CC1.CN1[CH-]CN(C)CCN(C)CC1.[Mo]. The van der Waals surface area contributed by atoms with Gasteiger partial charge in [0.25, 0.3) is 0 Å². The van der Waals surface area contributed by atoms with Crippen LogP contribution in [0.4, 0.5) is 0 Å². The molecule has 0 saturated carbocycles. The molecule has 2 heterocycles. The first-order valence-electron chi connectivity index (χ1n) is 9.18. The molecule has 7 heteroatoms. The Bertz CT molecular complexity index is 218. The number of hydrogen-bond acceptors (Lipinski definition) is 6. The summed E-state index contributed by atoms with van der Waals surface area (Å²) in [6.07, 6.45) is 0. The summed E-state index contributed by atoms with van der Waals surface area (Å²) in [6, 6.07) is 0. The summed E-state index contributed by atoms with van der Waals surface area (Å²) >= 11 is 0. The van der Waals surface area contributed by atoms with E-state index in [0.29, 0.717) is 0 Å². The molecule has 2 aliphatic rings. The predicted molar refractivity (Wildman–Crippen MR) is 104 cm³/mol. The van der Waals surface area contributed by atoms with E-state index in [1.807, 2.05) is 0 Å². The Kier molecular flexibility index (Phi) is 14.8. The summed E-state index contributed by atoms with van der Waals surface area (Å²) in [4.78, 5) is 14.0. The summed E-state index contributed by atoms with van der Waals surface area (Å²) in [7, 11) is 13.0. The van der Waals surface area contributed by atoms with E-state index in [4.69, 9.17) is 0 Å². The van der Waals surface area contributed by atoms with E-state index < -0.39 is 0 Å². The fourth-order valence-corrected chi connectivity index (χ4v) is 2.49. The molecule has 25 heavy (non-hydrogen) atoms. The molecule has 0 aromatic rings. The molecule has 0 aromatic heterocycles. The second-order valence-electron chi connectivity index (χ2n) is 7.46. The van der Waals surface area contributed by atoms with Crippen LogP contribution in [0, 0.1) is 13.1 Å². The van der Waals surface area contributed by atoms with Gasteiger partial charge in [0.05, 0.1) is 0 Å². The minimum absolute atomic E-state index is 0. The molecule has 2 aliphatic heterocycles. The summed E-state index contributed by atoms with van der Waals surface area (Å²) in [5.74, 6) is 0. The Morgan fingerprint density at radius 2 is 0.720 bits per heavy atom. The van der Waals surface area contributed by atoms with Gasteiger partial charge in [0, 0.05) is 60.3 Å². The van der Waals surface area contributed by atoms with Gasteiger partial charge in [-0.25, -0.2) is 0 Å². The van der Waals surface area contributed by atoms with Crippen LogP contribution >= 0.6 is 0 Å². The fraction of sp³-hybridized carbons (Fsp3) is 0.889. The molecular formula is C18H40MoN6-2. The first-order chi connectivity index (χ1) is 11.4. The second kappa shape index (κ2) is 14.5. The van der Waals surface area contributed by atoms with Gasteiger partial charge in [-0.2, -0.15) is 0 Å². The molecule has 0 radical (unpaired) electrons. The van der Waals surface area contributed by atoms with Gasteiger partial charge in [-0.15, -0.1) is 13.1 Å². The summed E-state index contributed by atoms with van der Waals surface area (Å²) in [6.45, 7) is 16.0. The number of hydrogen-bond donors (Lipinski definition) is 0. The molecule has 2 fully saturated rings. The third-order valence-corrected chi connectivity index (χ3v) is 4.81. The average Bonchev–Trinajstić information content (AvgIpc) is 2.68. The zero-order valence-corrected chi connectivity index (χ0v) is 19.3. The maximum atomic E-state index is 2.38. The molecule has 0 bridgehead atoms. The van der Waals surface area contributed by atoms with Crippen molar-refractivity contribution in [3.63, 3.8) is 0 Å². The molecule has 150 valence electrons. The van der Waals surface area contributed by atoms with Crippen LogP contribution in [-0.4, -0.2) is 137 Å². The van der Waals surface area contributed by atoms with Crippen LogP contribution in [0.1, 0.15) is 0 Å². The zero-order valence-electron chi connectivity index (χ0n) is 17.3. The van der Waals surface area contributed by atoms with Gasteiger partial charge in [-0.1, -0.05) is 0 Å². The molecule has 0 unspecified atom stereocenters. The van der Waals surface area contributed by atoms with Crippen molar-refractivity contribution in [3.05, 3.63) is 13.1 Å². The normalized spacial score (nSPS) is 25.2. The van der Waals surface area contributed by atoms with E-state index in [2.05, 4.69) is 84.8 Å². The van der Waals surface area contributed by atoms with Crippen LogP contribution in [0.3, 0.4) is 0 Å². The van der Waals surface area contributed by atoms with E-state index in [1.54, 1.807) is 0 Å². The topological polar surface area (TPSA) is 19.4 Å². The standard InChI is InChI=1S/2C9H20N3.Mo/c2*1-10-4-6-11(2)8-9-12(3)7-5-10;/h2*4H,5-9H2,1-3H3;/q2*-1;. The molecule has 0 amide bonds. The molecule has 0 aliphatic carbocycles. The van der Waals surface area contributed by atoms with Crippen molar-refractivity contribution in [2.75, 3.05) is 108 Å². The van der Waals surface area contributed by atoms with Crippen molar-refractivity contribution < 1.29 is 21.1 Å². The van der Waals surface area contributed by atoms with Crippen LogP contribution in [-0.2, 0) is 21.1 Å². The van der Waals surface area contributed by atoms with E-state index in [0.717, 1.165) is 26.2 Å². The van der Waals surface area contributed by atoms with E-state index in [9.17, 15) is 0 Å². The van der Waals surface area contributed by atoms with Gasteiger partial charge in [-0.05, 0) is 55.4 Å². The molecule has 0 aromatic carbocycles. The largest absolute Gasteiger partial charge is 0.457 e. The molecule has 2 rings (SSSR count). The smallest absolute Gasteiger partial charge is 0.0106 e. The Morgan fingerprint density at radius 1 is 0.440 bits per heavy atom. The Morgan fingerprint density at radius 3 is 1.08 bits per heavy atom. The van der Waals surface area contributed by atoms with E-state index >= 15 is 0 Å². The van der Waals surface area contributed by atoms with E-state index in [-0.39, 0.29) is 21.1 Å².